The Morgan fingerprint density at radius 2 is 2.13 bits per heavy atom. The van der Waals surface area contributed by atoms with Crippen LogP contribution in [-0.2, 0) is 11.2 Å². The minimum atomic E-state index is -0.519. The van der Waals surface area contributed by atoms with Gasteiger partial charge in [0, 0.05) is 37.1 Å². The number of nitrogens with one attached hydrogen (secondary N) is 1. The summed E-state index contributed by atoms with van der Waals surface area (Å²) >= 11 is 1.38. The molecule has 9 nitrogen and oxygen atoms in total. The highest BCUT2D eigenvalue weighted by atomic mass is 32.1. The van der Waals surface area contributed by atoms with Gasteiger partial charge in [-0.3, -0.25) is 9.79 Å². The molecule has 2 atom stereocenters. The molecule has 0 radical (unpaired) electrons. The van der Waals surface area contributed by atoms with Crippen molar-refractivity contribution in [3.8, 4) is 6.07 Å². The van der Waals surface area contributed by atoms with Crippen LogP contribution in [-0.4, -0.2) is 55.2 Å². The summed E-state index contributed by atoms with van der Waals surface area (Å²) < 4.78 is 0. The van der Waals surface area contributed by atoms with E-state index in [9.17, 15) is 10.1 Å². The number of aryl methyl sites for hydroxylation is 1. The summed E-state index contributed by atoms with van der Waals surface area (Å²) in [5.41, 5.74) is 19.5. The molecular formula is C21H30N8OS. The molecule has 1 amide bonds. The first-order valence-electron chi connectivity index (χ1n) is 10.5. The number of hydrogen-bond donors (Lipinski definition) is 4. The molecular weight excluding hydrogens is 412 g/mol. The molecule has 0 aromatic carbocycles. The Hall–Kier alpha value is -2.90. The summed E-state index contributed by atoms with van der Waals surface area (Å²) in [6.07, 6.45) is 4.92. The standard InChI is InChI=1S/C21H30N8OS/c1-12-6-7-27-8-9-29(12)17(26-2)10-15(23)19(24)28-21(30)13-4-3-5-16-18(13)14(11-22)20(25)31-16/h10,12-13,27H,3-9,23,25H2,1-2H3,(H2,24,28,30)/b15-10-,26-17?. The zero-order chi connectivity index (χ0) is 22.5. The smallest absolute Gasteiger partial charge is 0.255 e. The maximum absolute atomic E-state index is 13.0. The van der Waals surface area contributed by atoms with Gasteiger partial charge in [-0.1, -0.05) is 0 Å². The van der Waals surface area contributed by atoms with Crippen molar-refractivity contribution in [1.82, 2.24) is 10.2 Å². The molecule has 0 bridgehead atoms. The third kappa shape index (κ3) is 4.89. The van der Waals surface area contributed by atoms with E-state index in [4.69, 9.17) is 17.2 Å². The molecule has 10 heteroatoms. The highest BCUT2D eigenvalue weighted by molar-refractivity contribution is 7.16. The number of rotatable bonds is 3. The highest BCUT2D eigenvalue weighted by Gasteiger charge is 2.32. The molecule has 2 heterocycles. The first-order chi connectivity index (χ1) is 14.9. The van der Waals surface area contributed by atoms with Crippen molar-refractivity contribution < 1.29 is 4.79 Å². The first-order valence-corrected chi connectivity index (χ1v) is 11.3. The molecule has 166 valence electrons. The largest absolute Gasteiger partial charge is 0.396 e. The fraction of sp³-hybridized carbons (Fsp3) is 0.524. The van der Waals surface area contributed by atoms with Crippen LogP contribution in [0.5, 0.6) is 0 Å². The van der Waals surface area contributed by atoms with Crippen LogP contribution in [0.4, 0.5) is 5.00 Å². The summed E-state index contributed by atoms with van der Waals surface area (Å²) in [5, 5.41) is 13.3. The molecule has 31 heavy (non-hydrogen) atoms. The van der Waals surface area contributed by atoms with Crippen molar-refractivity contribution in [2.75, 3.05) is 32.4 Å². The SMILES string of the molecule is CN=C(/C=C(\N)C(N)=NC(=O)C1CCCc2sc(N)c(C#N)c21)N1CCNCCC1C. The maximum Gasteiger partial charge on any atom is 0.255 e. The van der Waals surface area contributed by atoms with Crippen LogP contribution in [0.1, 0.15) is 48.1 Å². The number of aliphatic imine (C=N–C) groups is 2. The van der Waals surface area contributed by atoms with Crippen molar-refractivity contribution in [3.63, 3.8) is 0 Å². The van der Waals surface area contributed by atoms with Crippen LogP contribution >= 0.6 is 11.3 Å². The van der Waals surface area contributed by atoms with Crippen molar-refractivity contribution >= 4 is 33.9 Å². The van der Waals surface area contributed by atoms with E-state index in [0.717, 1.165) is 43.8 Å². The summed E-state index contributed by atoms with van der Waals surface area (Å²) in [4.78, 5) is 24.6. The number of thiophene rings is 1. The third-order valence-corrected chi connectivity index (χ3v) is 6.93. The fourth-order valence-electron chi connectivity index (χ4n) is 4.14. The number of nitriles is 1. The van der Waals surface area contributed by atoms with Crippen LogP contribution in [0.3, 0.4) is 0 Å². The van der Waals surface area contributed by atoms with Crippen LogP contribution in [0.2, 0.25) is 0 Å². The topological polar surface area (TPSA) is 159 Å². The normalized spacial score (nSPS) is 23.1. The van der Waals surface area contributed by atoms with Gasteiger partial charge in [-0.05, 0) is 44.7 Å². The maximum atomic E-state index is 13.0. The van der Waals surface area contributed by atoms with Crippen molar-refractivity contribution in [1.29, 1.82) is 5.26 Å². The molecule has 0 spiro atoms. The Labute approximate surface area is 186 Å². The number of hydrogen-bond acceptors (Lipinski definition) is 7. The Morgan fingerprint density at radius 3 is 2.84 bits per heavy atom. The van der Waals surface area contributed by atoms with Gasteiger partial charge in [0.05, 0.1) is 17.2 Å². The lowest BCUT2D eigenvalue weighted by Gasteiger charge is -2.28. The van der Waals surface area contributed by atoms with Crippen LogP contribution in [0.15, 0.2) is 21.8 Å². The highest BCUT2D eigenvalue weighted by Crippen LogP contribution is 2.42. The molecule has 1 saturated heterocycles. The summed E-state index contributed by atoms with van der Waals surface area (Å²) in [6, 6.07) is 2.43. The molecule has 1 aromatic rings. The molecule has 1 aliphatic heterocycles. The Balaban J connectivity index is 1.83. The van der Waals surface area contributed by atoms with Gasteiger partial charge in [0.2, 0.25) is 0 Å². The number of nitrogen functional groups attached to an aromatic ring is 1. The number of amides is 1. The zero-order valence-electron chi connectivity index (χ0n) is 18.0. The van der Waals surface area contributed by atoms with Crippen molar-refractivity contribution in [3.05, 3.63) is 27.8 Å². The Kier molecular flexibility index (Phi) is 7.30. The number of fused-ring (bicyclic) bond motifs is 1. The number of nitrogens with two attached hydrogens (primary N) is 3. The monoisotopic (exact) mass is 442 g/mol. The Morgan fingerprint density at radius 1 is 1.35 bits per heavy atom. The average Bonchev–Trinajstić information content (AvgIpc) is 2.93. The third-order valence-electron chi connectivity index (χ3n) is 5.84. The van der Waals surface area contributed by atoms with E-state index < -0.39 is 11.8 Å². The molecule has 1 aliphatic carbocycles. The zero-order valence-corrected chi connectivity index (χ0v) is 18.8. The van der Waals surface area contributed by atoms with E-state index in [1.807, 2.05) is 0 Å². The van der Waals surface area contributed by atoms with E-state index in [-0.39, 0.29) is 11.5 Å². The van der Waals surface area contributed by atoms with Crippen molar-refractivity contribution in [2.45, 2.75) is 44.6 Å². The van der Waals surface area contributed by atoms with Gasteiger partial charge in [-0.15, -0.1) is 11.3 Å². The molecule has 3 rings (SSSR count). The van der Waals surface area contributed by atoms with Gasteiger partial charge in [0.1, 0.15) is 16.9 Å². The minimum absolute atomic E-state index is 0.0411. The van der Waals surface area contributed by atoms with E-state index in [2.05, 4.69) is 33.2 Å². The summed E-state index contributed by atoms with van der Waals surface area (Å²) in [7, 11) is 1.70. The number of anilines is 1. The van der Waals surface area contributed by atoms with Gasteiger partial charge >= 0.3 is 0 Å². The van der Waals surface area contributed by atoms with Crippen LogP contribution in [0, 0.1) is 11.3 Å². The van der Waals surface area contributed by atoms with Gasteiger partial charge in [0.25, 0.3) is 5.91 Å². The molecule has 0 saturated carbocycles. The Bertz CT molecular complexity index is 971. The quantitative estimate of drug-likeness (QED) is 0.402. The second kappa shape index (κ2) is 9.94. The summed E-state index contributed by atoms with van der Waals surface area (Å²) in [5.74, 6) is -0.252. The second-order valence-corrected chi connectivity index (χ2v) is 8.97. The summed E-state index contributed by atoms with van der Waals surface area (Å²) in [6.45, 7) is 4.75. The lowest BCUT2D eigenvalue weighted by Crippen LogP contribution is -2.39. The lowest BCUT2D eigenvalue weighted by molar-refractivity contribution is -0.119. The van der Waals surface area contributed by atoms with E-state index >= 15 is 0 Å². The minimum Gasteiger partial charge on any atom is -0.396 e. The fourth-order valence-corrected chi connectivity index (χ4v) is 5.26. The van der Waals surface area contributed by atoms with Crippen molar-refractivity contribution in [2.24, 2.45) is 21.5 Å². The molecule has 2 aliphatic rings. The average molecular weight is 443 g/mol. The van der Waals surface area contributed by atoms with Crippen LogP contribution in [0.25, 0.3) is 0 Å². The predicted molar refractivity (Wildman–Crippen MR) is 125 cm³/mol. The van der Waals surface area contributed by atoms with Gasteiger partial charge in [-0.2, -0.15) is 10.3 Å². The number of carbonyl (C=O) groups is 1. The van der Waals surface area contributed by atoms with Crippen LogP contribution < -0.4 is 22.5 Å². The number of nitrogens with zero attached hydrogens (tertiary/aromatic N) is 4. The van der Waals surface area contributed by atoms with E-state index in [1.165, 1.54) is 11.3 Å². The van der Waals surface area contributed by atoms with Gasteiger partial charge in [-0.25, -0.2) is 0 Å². The van der Waals surface area contributed by atoms with E-state index in [1.54, 1.807) is 13.1 Å². The number of amidine groups is 2. The molecule has 1 fully saturated rings. The molecule has 1 aromatic heterocycles. The van der Waals surface area contributed by atoms with Gasteiger partial charge < -0.3 is 27.4 Å². The molecule has 2 unspecified atom stereocenters. The predicted octanol–water partition coefficient (Wildman–Crippen LogP) is 1.06. The number of carbonyl (C=O) groups excluding carboxylic acids is 1. The lowest BCUT2D eigenvalue weighted by atomic mass is 9.85. The molecule has 7 N–H and O–H groups in total. The van der Waals surface area contributed by atoms with E-state index in [0.29, 0.717) is 34.4 Å². The first kappa shape index (κ1) is 22.8. The van der Waals surface area contributed by atoms with Gasteiger partial charge in [0.15, 0.2) is 5.84 Å². The second-order valence-electron chi connectivity index (χ2n) is 7.83.